The van der Waals surface area contributed by atoms with Crippen molar-refractivity contribution in [2.75, 3.05) is 13.2 Å². The van der Waals surface area contributed by atoms with Gasteiger partial charge in [0, 0.05) is 35.9 Å². The summed E-state index contributed by atoms with van der Waals surface area (Å²) in [6, 6.07) is 33.5. The van der Waals surface area contributed by atoms with E-state index in [4.69, 9.17) is 14.2 Å². The SMILES string of the molecule is CCCc1cnc(-c2ccc(C(OC(c3ccc(OCC(C)CC)cc3)c3ccc(-c4ncc(CCC)cn4)cc3)c3ccc(OCC(C)CC)cc3)cc2)nc1. The molecule has 2 heterocycles. The first-order chi connectivity index (χ1) is 27.9. The summed E-state index contributed by atoms with van der Waals surface area (Å²) < 4.78 is 19.6. The smallest absolute Gasteiger partial charge is 0.159 e. The Labute approximate surface area is 340 Å². The van der Waals surface area contributed by atoms with Crippen molar-refractivity contribution >= 4 is 0 Å². The molecule has 0 amide bonds. The summed E-state index contributed by atoms with van der Waals surface area (Å²) in [5.74, 6) is 4.08. The number of hydrogen-bond donors (Lipinski definition) is 0. The topological polar surface area (TPSA) is 79.2 Å². The Balaban J connectivity index is 1.36. The first kappa shape index (κ1) is 41.2. The van der Waals surface area contributed by atoms with Gasteiger partial charge in [-0.1, -0.05) is 140 Å². The number of aryl methyl sites for hydroxylation is 2. The van der Waals surface area contributed by atoms with Crippen LogP contribution in [-0.2, 0) is 17.6 Å². The summed E-state index contributed by atoms with van der Waals surface area (Å²) in [4.78, 5) is 18.7. The summed E-state index contributed by atoms with van der Waals surface area (Å²) in [7, 11) is 0. The van der Waals surface area contributed by atoms with E-state index >= 15 is 0 Å². The molecule has 0 aliphatic rings. The fraction of sp³-hybridized carbons (Fsp3) is 0.360. The van der Waals surface area contributed by atoms with Crippen molar-refractivity contribution < 1.29 is 14.2 Å². The van der Waals surface area contributed by atoms with Crippen LogP contribution in [0, 0.1) is 11.8 Å². The number of nitrogens with zero attached hydrogens (tertiary/aromatic N) is 4. The molecule has 7 nitrogen and oxygen atoms in total. The third kappa shape index (κ3) is 11.4. The quantitative estimate of drug-likeness (QED) is 0.0766. The van der Waals surface area contributed by atoms with Crippen LogP contribution in [0.4, 0.5) is 0 Å². The molecule has 4 atom stereocenters. The summed E-state index contributed by atoms with van der Waals surface area (Å²) in [6.45, 7) is 14.5. The lowest BCUT2D eigenvalue weighted by Crippen LogP contribution is -2.14. The van der Waals surface area contributed by atoms with Gasteiger partial charge in [0.2, 0.25) is 0 Å². The van der Waals surface area contributed by atoms with Crippen LogP contribution in [0.25, 0.3) is 22.8 Å². The minimum absolute atomic E-state index is 0.407. The molecule has 0 bridgehead atoms. The molecule has 6 aromatic rings. The highest BCUT2D eigenvalue weighted by Gasteiger charge is 2.24. The number of ether oxygens (including phenoxy) is 3. The van der Waals surface area contributed by atoms with Crippen molar-refractivity contribution in [1.82, 2.24) is 19.9 Å². The fourth-order valence-corrected chi connectivity index (χ4v) is 6.48. The molecule has 0 saturated carbocycles. The first-order valence-electron chi connectivity index (χ1n) is 20.8. The molecule has 0 aliphatic carbocycles. The van der Waals surface area contributed by atoms with Gasteiger partial charge < -0.3 is 14.2 Å². The molecule has 2 aromatic heterocycles. The Kier molecular flexibility index (Phi) is 15.0. The van der Waals surface area contributed by atoms with Crippen molar-refractivity contribution in [1.29, 1.82) is 0 Å². The van der Waals surface area contributed by atoms with E-state index in [1.165, 1.54) is 0 Å². The Morgan fingerprint density at radius 1 is 0.439 bits per heavy atom. The van der Waals surface area contributed by atoms with Gasteiger partial charge in [0.1, 0.15) is 23.7 Å². The van der Waals surface area contributed by atoms with Gasteiger partial charge in [0.05, 0.1) is 13.2 Å². The zero-order valence-corrected chi connectivity index (χ0v) is 34.5. The van der Waals surface area contributed by atoms with E-state index in [-0.39, 0.29) is 0 Å². The Hall–Kier alpha value is -5.40. The summed E-state index contributed by atoms with van der Waals surface area (Å²) in [5, 5.41) is 0. The monoisotopic (exact) mass is 762 g/mol. The minimum Gasteiger partial charge on any atom is -0.493 e. The van der Waals surface area contributed by atoms with Crippen LogP contribution >= 0.6 is 0 Å². The highest BCUT2D eigenvalue weighted by Crippen LogP contribution is 2.38. The minimum atomic E-state index is -0.407. The number of aromatic nitrogens is 4. The molecule has 4 aromatic carbocycles. The van der Waals surface area contributed by atoms with Gasteiger partial charge in [-0.3, -0.25) is 0 Å². The second kappa shape index (κ2) is 20.7. The van der Waals surface area contributed by atoms with Crippen molar-refractivity contribution in [3.63, 3.8) is 0 Å². The standard InChI is InChI=1S/C50H58N4O3/c1-7-11-37-29-51-49(52-30-37)43-17-13-39(14-18-43)47(41-21-25-45(26-22-41)55-33-35(5)9-3)57-48(42-23-27-46(28-24-42)56-34-36(6)10-4)40-15-19-44(20-16-40)50-53-31-38(12-8-2)32-54-50/h13-32,35-36,47-48H,7-12,33-34H2,1-6H3. The molecule has 0 radical (unpaired) electrons. The van der Waals surface area contributed by atoms with E-state index in [1.54, 1.807) is 0 Å². The van der Waals surface area contributed by atoms with Crippen molar-refractivity contribution in [3.05, 3.63) is 155 Å². The van der Waals surface area contributed by atoms with Crippen LogP contribution in [0.3, 0.4) is 0 Å². The maximum absolute atomic E-state index is 7.34. The second-order valence-electron chi connectivity index (χ2n) is 15.3. The highest BCUT2D eigenvalue weighted by molar-refractivity contribution is 5.57. The summed E-state index contributed by atoms with van der Waals surface area (Å²) >= 11 is 0. The fourth-order valence-electron chi connectivity index (χ4n) is 6.48. The predicted molar refractivity (Wildman–Crippen MR) is 230 cm³/mol. The van der Waals surface area contributed by atoms with Crippen LogP contribution in [0.1, 0.15) is 113 Å². The average molecular weight is 763 g/mol. The van der Waals surface area contributed by atoms with Crippen LogP contribution in [0.5, 0.6) is 11.5 Å². The molecule has 7 heteroatoms. The van der Waals surface area contributed by atoms with E-state index in [0.29, 0.717) is 36.7 Å². The molecule has 296 valence electrons. The molecule has 0 N–H and O–H groups in total. The van der Waals surface area contributed by atoms with E-state index < -0.39 is 12.2 Å². The van der Waals surface area contributed by atoms with Gasteiger partial charge in [0.25, 0.3) is 0 Å². The Morgan fingerprint density at radius 3 is 1.05 bits per heavy atom. The van der Waals surface area contributed by atoms with Gasteiger partial charge in [-0.2, -0.15) is 0 Å². The second-order valence-corrected chi connectivity index (χ2v) is 15.3. The van der Waals surface area contributed by atoms with E-state index in [0.717, 1.165) is 94.5 Å². The van der Waals surface area contributed by atoms with Crippen molar-refractivity contribution in [2.45, 2.75) is 92.3 Å². The molecule has 4 unspecified atom stereocenters. The van der Waals surface area contributed by atoms with Crippen LogP contribution in [-0.4, -0.2) is 33.1 Å². The lowest BCUT2D eigenvalue weighted by Gasteiger charge is -2.27. The Bertz CT molecular complexity index is 1910. The number of rotatable bonds is 20. The summed E-state index contributed by atoms with van der Waals surface area (Å²) in [5.41, 5.74) is 8.29. The van der Waals surface area contributed by atoms with E-state index in [2.05, 4.69) is 134 Å². The van der Waals surface area contributed by atoms with Crippen LogP contribution in [0.2, 0.25) is 0 Å². The lowest BCUT2D eigenvalue weighted by molar-refractivity contribution is 0.0308. The zero-order chi connectivity index (χ0) is 40.0. The van der Waals surface area contributed by atoms with Gasteiger partial charge in [-0.15, -0.1) is 0 Å². The number of hydrogen-bond acceptors (Lipinski definition) is 7. The van der Waals surface area contributed by atoms with Crippen LogP contribution in [0.15, 0.2) is 122 Å². The molecule has 0 fully saturated rings. The lowest BCUT2D eigenvalue weighted by atomic mass is 9.96. The summed E-state index contributed by atoms with van der Waals surface area (Å²) in [6.07, 6.45) is 13.1. The molecule has 57 heavy (non-hydrogen) atoms. The molecule has 0 aliphatic heterocycles. The van der Waals surface area contributed by atoms with Crippen molar-refractivity contribution in [3.8, 4) is 34.3 Å². The highest BCUT2D eigenvalue weighted by atomic mass is 16.5. The molecule has 6 rings (SSSR count). The van der Waals surface area contributed by atoms with Gasteiger partial charge in [0.15, 0.2) is 11.6 Å². The normalized spacial score (nSPS) is 13.4. The third-order valence-corrected chi connectivity index (χ3v) is 10.5. The predicted octanol–water partition coefficient (Wildman–Crippen LogP) is 12.3. The van der Waals surface area contributed by atoms with E-state index in [9.17, 15) is 0 Å². The molecular weight excluding hydrogens is 705 g/mol. The molecule has 0 spiro atoms. The maximum atomic E-state index is 7.34. The van der Waals surface area contributed by atoms with Gasteiger partial charge >= 0.3 is 0 Å². The maximum Gasteiger partial charge on any atom is 0.159 e. The van der Waals surface area contributed by atoms with Crippen LogP contribution < -0.4 is 9.47 Å². The third-order valence-electron chi connectivity index (χ3n) is 10.5. The van der Waals surface area contributed by atoms with Crippen molar-refractivity contribution in [2.24, 2.45) is 11.8 Å². The number of benzene rings is 4. The van der Waals surface area contributed by atoms with E-state index in [1.807, 2.05) is 49.1 Å². The average Bonchev–Trinajstić information content (AvgIpc) is 3.26. The first-order valence-corrected chi connectivity index (χ1v) is 20.8. The zero-order valence-electron chi connectivity index (χ0n) is 34.5. The largest absolute Gasteiger partial charge is 0.493 e. The molecular formula is C50H58N4O3. The van der Waals surface area contributed by atoms with Gasteiger partial charge in [-0.25, -0.2) is 19.9 Å². The molecule has 0 saturated heterocycles. The Morgan fingerprint density at radius 2 is 0.754 bits per heavy atom. The van der Waals surface area contributed by atoms with Gasteiger partial charge in [-0.05, 0) is 82.3 Å².